The van der Waals surface area contributed by atoms with E-state index in [0.717, 1.165) is 43.9 Å². The topological polar surface area (TPSA) is 72.8 Å². The molecule has 0 amide bonds. The van der Waals surface area contributed by atoms with Crippen LogP contribution in [0.5, 0.6) is 0 Å². The molecule has 5 nitrogen and oxygen atoms in total. The first-order chi connectivity index (χ1) is 18.8. The molecule has 0 aromatic carbocycles. The first-order valence-electron chi connectivity index (χ1n) is 16.8. The Morgan fingerprint density at radius 2 is 0.872 bits per heavy atom. The average molecular weight is 555 g/mol. The molecule has 0 saturated carbocycles. The third-order valence-corrected chi connectivity index (χ3v) is 7.81. The van der Waals surface area contributed by atoms with Crippen molar-refractivity contribution in [2.75, 3.05) is 13.2 Å². The Kier molecular flexibility index (Phi) is 27.6. The molecule has 232 valence electrons. The Morgan fingerprint density at radius 3 is 1.23 bits per heavy atom. The molecule has 0 rings (SSSR count). The van der Waals surface area contributed by atoms with Crippen molar-refractivity contribution < 1.29 is 24.2 Å². The molecule has 5 heteroatoms. The number of aliphatic hydroxyl groups excluding tert-OH is 1. The van der Waals surface area contributed by atoms with Gasteiger partial charge in [0.15, 0.2) is 0 Å². The second-order valence-electron chi connectivity index (χ2n) is 12.4. The number of ether oxygens (including phenoxy) is 2. The third kappa shape index (κ3) is 29.7. The smallest absolute Gasteiger partial charge is 0.305 e. The van der Waals surface area contributed by atoms with Crippen molar-refractivity contribution >= 4 is 11.9 Å². The lowest BCUT2D eigenvalue weighted by molar-refractivity contribution is -0.152. The zero-order valence-electron chi connectivity index (χ0n) is 26.5. The highest BCUT2D eigenvalue weighted by molar-refractivity contribution is 5.69. The third-order valence-electron chi connectivity index (χ3n) is 7.81. The SMILES string of the molecule is CCC(C)CCCCCCCCC(=O)OC[C@@H](O)COC(=O)CCCCCCCCCCCCCCC(C)C. The largest absolute Gasteiger partial charge is 0.463 e. The number of unbranched alkanes of at least 4 members (excludes halogenated alkanes) is 16. The predicted molar refractivity (Wildman–Crippen MR) is 164 cm³/mol. The summed E-state index contributed by atoms with van der Waals surface area (Å²) >= 11 is 0. The van der Waals surface area contributed by atoms with Gasteiger partial charge in [-0.05, 0) is 24.7 Å². The van der Waals surface area contributed by atoms with E-state index in [-0.39, 0.29) is 25.2 Å². The van der Waals surface area contributed by atoms with Crippen molar-refractivity contribution in [3.8, 4) is 0 Å². The minimum atomic E-state index is -0.955. The molecule has 1 N–H and O–H groups in total. The van der Waals surface area contributed by atoms with Crippen molar-refractivity contribution in [1.29, 1.82) is 0 Å². The van der Waals surface area contributed by atoms with Crippen LogP contribution in [-0.2, 0) is 19.1 Å². The number of hydrogen-bond acceptors (Lipinski definition) is 5. The standard InChI is InChI=1S/C34H66O5/c1-5-31(4)25-21-17-14-15-19-23-27-34(37)39-29-32(35)28-38-33(36)26-22-18-13-11-9-7-6-8-10-12-16-20-24-30(2)3/h30-32,35H,5-29H2,1-4H3/t31?,32-/m0/s1. The summed E-state index contributed by atoms with van der Waals surface area (Å²) in [5.41, 5.74) is 0. The summed E-state index contributed by atoms with van der Waals surface area (Å²) in [5.74, 6) is 1.11. The van der Waals surface area contributed by atoms with Gasteiger partial charge in [0.2, 0.25) is 0 Å². The molecular weight excluding hydrogens is 488 g/mol. The first-order valence-corrected chi connectivity index (χ1v) is 16.8. The number of carbonyl (C=O) groups is 2. The summed E-state index contributed by atoms with van der Waals surface area (Å²) in [5, 5.41) is 9.95. The fourth-order valence-corrected chi connectivity index (χ4v) is 4.83. The monoisotopic (exact) mass is 554 g/mol. The number of hydrogen-bond donors (Lipinski definition) is 1. The van der Waals surface area contributed by atoms with Gasteiger partial charge in [0, 0.05) is 12.8 Å². The van der Waals surface area contributed by atoms with Gasteiger partial charge in [-0.2, -0.15) is 0 Å². The van der Waals surface area contributed by atoms with E-state index >= 15 is 0 Å². The van der Waals surface area contributed by atoms with E-state index < -0.39 is 6.10 Å². The molecule has 0 aromatic heterocycles. The fourth-order valence-electron chi connectivity index (χ4n) is 4.83. The van der Waals surface area contributed by atoms with Crippen LogP contribution in [0, 0.1) is 11.8 Å². The minimum absolute atomic E-state index is 0.111. The Morgan fingerprint density at radius 1 is 0.538 bits per heavy atom. The van der Waals surface area contributed by atoms with Crippen LogP contribution in [0.4, 0.5) is 0 Å². The van der Waals surface area contributed by atoms with Gasteiger partial charge in [-0.1, -0.05) is 150 Å². The molecule has 0 fully saturated rings. The van der Waals surface area contributed by atoms with Crippen molar-refractivity contribution in [3.05, 3.63) is 0 Å². The molecule has 0 bridgehead atoms. The van der Waals surface area contributed by atoms with E-state index in [1.165, 1.54) is 103 Å². The molecule has 1 unspecified atom stereocenters. The van der Waals surface area contributed by atoms with Crippen LogP contribution < -0.4 is 0 Å². The highest BCUT2D eigenvalue weighted by Gasteiger charge is 2.12. The highest BCUT2D eigenvalue weighted by Crippen LogP contribution is 2.16. The van der Waals surface area contributed by atoms with E-state index in [1.54, 1.807) is 0 Å². The molecule has 0 aliphatic carbocycles. The summed E-state index contributed by atoms with van der Waals surface area (Å²) in [6, 6.07) is 0. The van der Waals surface area contributed by atoms with Gasteiger partial charge in [-0.3, -0.25) is 9.59 Å². The Balaban J connectivity index is 3.42. The van der Waals surface area contributed by atoms with Gasteiger partial charge in [0.25, 0.3) is 0 Å². The molecule has 0 aliphatic rings. The lowest BCUT2D eigenvalue weighted by Gasteiger charge is -2.12. The van der Waals surface area contributed by atoms with Gasteiger partial charge >= 0.3 is 11.9 Å². The summed E-state index contributed by atoms with van der Waals surface area (Å²) in [4.78, 5) is 23.8. The van der Waals surface area contributed by atoms with Gasteiger partial charge in [0.05, 0.1) is 0 Å². The molecule has 0 heterocycles. The van der Waals surface area contributed by atoms with E-state index in [1.807, 2.05) is 0 Å². The molecule has 0 aliphatic heterocycles. The number of aliphatic hydroxyl groups is 1. The number of rotatable bonds is 29. The number of esters is 2. The average Bonchev–Trinajstić information content (AvgIpc) is 2.91. The second-order valence-corrected chi connectivity index (χ2v) is 12.4. The Labute approximate surface area is 242 Å². The van der Waals surface area contributed by atoms with Gasteiger partial charge in [0.1, 0.15) is 19.3 Å². The van der Waals surface area contributed by atoms with Crippen LogP contribution in [0.2, 0.25) is 0 Å². The van der Waals surface area contributed by atoms with E-state index in [9.17, 15) is 14.7 Å². The van der Waals surface area contributed by atoms with Crippen molar-refractivity contribution in [1.82, 2.24) is 0 Å². The molecule has 2 atom stereocenters. The quantitative estimate of drug-likeness (QED) is 0.0736. The lowest BCUT2D eigenvalue weighted by atomic mass is 10.00. The maximum absolute atomic E-state index is 11.9. The summed E-state index contributed by atoms with van der Waals surface area (Å²) < 4.78 is 10.3. The summed E-state index contributed by atoms with van der Waals surface area (Å²) in [7, 11) is 0. The normalized spacial score (nSPS) is 13.0. The molecule has 39 heavy (non-hydrogen) atoms. The van der Waals surface area contributed by atoms with E-state index in [0.29, 0.717) is 12.8 Å². The Bertz CT molecular complexity index is 548. The zero-order valence-corrected chi connectivity index (χ0v) is 26.5. The highest BCUT2D eigenvalue weighted by atomic mass is 16.6. The van der Waals surface area contributed by atoms with Crippen LogP contribution in [-0.4, -0.2) is 36.4 Å². The predicted octanol–water partition coefficient (Wildman–Crippen LogP) is 9.72. The van der Waals surface area contributed by atoms with Gasteiger partial charge < -0.3 is 14.6 Å². The zero-order chi connectivity index (χ0) is 29.0. The second kappa shape index (κ2) is 28.4. The Hall–Kier alpha value is -1.10. The van der Waals surface area contributed by atoms with Crippen LogP contribution in [0.1, 0.15) is 175 Å². The number of carbonyl (C=O) groups excluding carboxylic acids is 2. The van der Waals surface area contributed by atoms with Gasteiger partial charge in [-0.25, -0.2) is 0 Å². The molecule has 0 saturated heterocycles. The van der Waals surface area contributed by atoms with Crippen LogP contribution in [0.15, 0.2) is 0 Å². The summed E-state index contributed by atoms with van der Waals surface area (Å²) in [6.45, 7) is 8.95. The van der Waals surface area contributed by atoms with Crippen molar-refractivity contribution in [2.24, 2.45) is 11.8 Å². The van der Waals surface area contributed by atoms with E-state index in [2.05, 4.69) is 27.7 Å². The minimum Gasteiger partial charge on any atom is -0.463 e. The van der Waals surface area contributed by atoms with Crippen molar-refractivity contribution in [3.63, 3.8) is 0 Å². The lowest BCUT2D eigenvalue weighted by Crippen LogP contribution is -2.25. The van der Waals surface area contributed by atoms with Gasteiger partial charge in [-0.15, -0.1) is 0 Å². The first kappa shape index (κ1) is 37.9. The molecular formula is C34H66O5. The van der Waals surface area contributed by atoms with Crippen LogP contribution in [0.25, 0.3) is 0 Å². The molecule has 0 aromatic rings. The van der Waals surface area contributed by atoms with Crippen LogP contribution >= 0.6 is 0 Å². The van der Waals surface area contributed by atoms with Crippen LogP contribution in [0.3, 0.4) is 0 Å². The summed E-state index contributed by atoms with van der Waals surface area (Å²) in [6.07, 6.45) is 25.8. The molecule has 0 radical (unpaired) electrons. The van der Waals surface area contributed by atoms with E-state index in [4.69, 9.17) is 9.47 Å². The molecule has 0 spiro atoms. The maximum atomic E-state index is 11.9. The fraction of sp³-hybridized carbons (Fsp3) is 0.941. The van der Waals surface area contributed by atoms with Crippen molar-refractivity contribution in [2.45, 2.75) is 181 Å². The maximum Gasteiger partial charge on any atom is 0.305 e.